The van der Waals surface area contributed by atoms with Gasteiger partial charge in [-0.05, 0) is 25.6 Å². The molecule has 2 rings (SSSR count). The van der Waals surface area contributed by atoms with E-state index in [1.165, 1.54) is 18.6 Å². The summed E-state index contributed by atoms with van der Waals surface area (Å²) in [6.45, 7) is 4.11. The molecule has 0 aromatic carbocycles. The Balaban J connectivity index is 2.45. The van der Waals surface area contributed by atoms with Crippen molar-refractivity contribution in [1.29, 1.82) is 0 Å². The summed E-state index contributed by atoms with van der Waals surface area (Å²) in [4.78, 5) is 26.9. The van der Waals surface area contributed by atoms with Crippen molar-refractivity contribution in [2.45, 2.75) is 23.9 Å². The third-order valence-electron chi connectivity index (χ3n) is 2.28. The monoisotopic (exact) mass is 292 g/mol. The van der Waals surface area contributed by atoms with E-state index in [0.29, 0.717) is 23.2 Å². The maximum absolute atomic E-state index is 11.2. The summed E-state index contributed by atoms with van der Waals surface area (Å²) in [7, 11) is 0. The lowest BCUT2D eigenvalue weighted by atomic mass is 10.4. The number of nitrogens with zero attached hydrogens (tertiary/aromatic N) is 5. The number of hydrogen-bond acceptors (Lipinski definition) is 8. The Morgan fingerprint density at radius 3 is 2.80 bits per heavy atom. The molecule has 0 aliphatic heterocycles. The van der Waals surface area contributed by atoms with E-state index in [2.05, 4.69) is 25.3 Å². The summed E-state index contributed by atoms with van der Waals surface area (Å²) < 4.78 is 0. The zero-order chi connectivity index (χ0) is 14.5. The van der Waals surface area contributed by atoms with E-state index in [4.69, 9.17) is 0 Å². The number of hydrogen-bond donors (Lipinski definition) is 1. The van der Waals surface area contributed by atoms with Crippen molar-refractivity contribution in [2.75, 3.05) is 11.9 Å². The lowest BCUT2D eigenvalue weighted by molar-refractivity contribution is -0.389. The Hall–Kier alpha value is -2.29. The molecule has 2 heterocycles. The first-order valence-corrected chi connectivity index (χ1v) is 6.64. The van der Waals surface area contributed by atoms with Crippen LogP contribution in [0.1, 0.15) is 12.6 Å². The molecule has 2 aromatic heterocycles. The highest BCUT2D eigenvalue weighted by Gasteiger charge is 2.23. The van der Waals surface area contributed by atoms with Crippen molar-refractivity contribution < 1.29 is 4.92 Å². The molecule has 0 aliphatic carbocycles. The fraction of sp³-hybridized carbons (Fsp3) is 0.273. The lowest BCUT2D eigenvalue weighted by Crippen LogP contribution is -2.07. The van der Waals surface area contributed by atoms with Gasteiger partial charge in [-0.2, -0.15) is 4.98 Å². The van der Waals surface area contributed by atoms with Crippen LogP contribution in [-0.2, 0) is 0 Å². The van der Waals surface area contributed by atoms with Gasteiger partial charge in [-0.15, -0.1) is 0 Å². The number of aryl methyl sites for hydroxylation is 1. The van der Waals surface area contributed by atoms with Crippen molar-refractivity contribution in [3.63, 3.8) is 0 Å². The first-order chi connectivity index (χ1) is 9.61. The van der Waals surface area contributed by atoms with Crippen LogP contribution in [0.2, 0.25) is 0 Å². The molecule has 0 spiro atoms. The van der Waals surface area contributed by atoms with Crippen molar-refractivity contribution in [3.8, 4) is 0 Å². The minimum atomic E-state index is -0.482. The van der Waals surface area contributed by atoms with Crippen molar-refractivity contribution in [1.82, 2.24) is 19.9 Å². The van der Waals surface area contributed by atoms with Crippen LogP contribution >= 0.6 is 11.8 Å². The summed E-state index contributed by atoms with van der Waals surface area (Å²) in [5, 5.41) is 14.9. The van der Waals surface area contributed by atoms with E-state index in [1.807, 2.05) is 6.92 Å². The second-order valence-corrected chi connectivity index (χ2v) is 4.73. The van der Waals surface area contributed by atoms with Crippen molar-refractivity contribution in [3.05, 3.63) is 34.4 Å². The van der Waals surface area contributed by atoms with Crippen LogP contribution in [-0.4, -0.2) is 31.4 Å². The first-order valence-electron chi connectivity index (χ1n) is 5.82. The van der Waals surface area contributed by atoms with Crippen LogP contribution in [0.25, 0.3) is 0 Å². The molecule has 0 saturated heterocycles. The van der Waals surface area contributed by atoms with Crippen LogP contribution < -0.4 is 5.32 Å². The number of nitro groups is 1. The molecule has 1 N–H and O–H groups in total. The molecule has 0 aliphatic rings. The molecular formula is C11H12N6O2S. The quantitative estimate of drug-likeness (QED) is 0.507. The van der Waals surface area contributed by atoms with Gasteiger partial charge in [-0.1, -0.05) is 0 Å². The average Bonchev–Trinajstić information content (AvgIpc) is 2.39. The summed E-state index contributed by atoms with van der Waals surface area (Å²) >= 11 is 1.09. The highest BCUT2D eigenvalue weighted by Crippen LogP contribution is 2.34. The van der Waals surface area contributed by atoms with E-state index in [-0.39, 0.29) is 10.7 Å². The molecule has 0 bridgehead atoms. The molecule has 8 nitrogen and oxygen atoms in total. The smallest absolute Gasteiger partial charge is 0.322 e. The Morgan fingerprint density at radius 2 is 2.20 bits per heavy atom. The highest BCUT2D eigenvalue weighted by molar-refractivity contribution is 7.99. The Kier molecular flexibility index (Phi) is 4.41. The molecule has 0 radical (unpaired) electrons. The van der Waals surface area contributed by atoms with Gasteiger partial charge in [0.2, 0.25) is 5.95 Å². The third kappa shape index (κ3) is 3.18. The normalized spacial score (nSPS) is 10.3. The van der Waals surface area contributed by atoms with Gasteiger partial charge in [0, 0.05) is 18.9 Å². The van der Waals surface area contributed by atoms with Crippen LogP contribution in [0.5, 0.6) is 0 Å². The number of nitrogens with one attached hydrogen (secondary N) is 1. The van der Waals surface area contributed by atoms with E-state index in [1.54, 1.807) is 6.92 Å². The molecule has 2 aromatic rings. The van der Waals surface area contributed by atoms with E-state index >= 15 is 0 Å². The van der Waals surface area contributed by atoms with Gasteiger partial charge in [-0.25, -0.2) is 9.97 Å². The zero-order valence-corrected chi connectivity index (χ0v) is 11.7. The minimum absolute atomic E-state index is 0.109. The molecule has 0 fully saturated rings. The Labute approximate surface area is 119 Å². The van der Waals surface area contributed by atoms with Crippen LogP contribution in [0.4, 0.5) is 11.6 Å². The van der Waals surface area contributed by atoms with Gasteiger partial charge in [0.1, 0.15) is 10.7 Å². The average molecular weight is 292 g/mol. The van der Waals surface area contributed by atoms with Crippen molar-refractivity contribution >= 4 is 23.4 Å². The Bertz CT molecular complexity index is 622. The zero-order valence-electron chi connectivity index (χ0n) is 10.9. The predicted octanol–water partition coefficient (Wildman–Crippen LogP) is 2.07. The Morgan fingerprint density at radius 1 is 1.40 bits per heavy atom. The second kappa shape index (κ2) is 6.24. The van der Waals surface area contributed by atoms with E-state index < -0.39 is 4.92 Å². The van der Waals surface area contributed by atoms with Crippen LogP contribution in [0.15, 0.2) is 28.6 Å². The number of aromatic nitrogens is 4. The van der Waals surface area contributed by atoms with Crippen LogP contribution in [0.3, 0.4) is 0 Å². The van der Waals surface area contributed by atoms with Gasteiger partial charge in [0.25, 0.3) is 0 Å². The van der Waals surface area contributed by atoms with Gasteiger partial charge in [-0.3, -0.25) is 15.1 Å². The van der Waals surface area contributed by atoms with E-state index in [0.717, 1.165) is 11.8 Å². The first kappa shape index (κ1) is 14.1. The van der Waals surface area contributed by atoms with Gasteiger partial charge >= 0.3 is 5.69 Å². The molecule has 9 heteroatoms. The van der Waals surface area contributed by atoms with Crippen molar-refractivity contribution in [2.24, 2.45) is 0 Å². The molecular weight excluding hydrogens is 280 g/mol. The number of anilines is 1. The maximum atomic E-state index is 11.2. The fourth-order valence-electron chi connectivity index (χ4n) is 1.50. The molecule has 0 saturated carbocycles. The molecule has 0 amide bonds. The lowest BCUT2D eigenvalue weighted by Gasteiger charge is -2.07. The van der Waals surface area contributed by atoms with Gasteiger partial charge in [0.05, 0.1) is 11.1 Å². The van der Waals surface area contributed by atoms with Gasteiger partial charge in [0.15, 0.2) is 5.03 Å². The maximum Gasteiger partial charge on any atom is 0.322 e. The highest BCUT2D eigenvalue weighted by atomic mass is 32.2. The van der Waals surface area contributed by atoms with E-state index in [9.17, 15) is 10.1 Å². The molecule has 0 atom stereocenters. The third-order valence-corrected chi connectivity index (χ3v) is 3.18. The molecule has 0 unspecified atom stereocenters. The largest absolute Gasteiger partial charge is 0.354 e. The second-order valence-electron chi connectivity index (χ2n) is 3.72. The van der Waals surface area contributed by atoms with Crippen LogP contribution in [0, 0.1) is 17.0 Å². The topological polar surface area (TPSA) is 107 Å². The van der Waals surface area contributed by atoms with Gasteiger partial charge < -0.3 is 5.32 Å². The fourth-order valence-corrected chi connectivity index (χ4v) is 2.37. The summed E-state index contributed by atoms with van der Waals surface area (Å²) in [5.74, 6) is 0.363. The number of rotatable bonds is 5. The summed E-state index contributed by atoms with van der Waals surface area (Å²) in [6.07, 6.45) is 4.58. The standard InChI is InChI=1S/C11H12N6O2S/c1-3-13-11-15-7(2)9(17(18)19)10(16-11)20-8-6-12-4-5-14-8/h4-6H,3H2,1-2H3,(H,13,15,16). The molecule has 20 heavy (non-hydrogen) atoms. The molecule has 104 valence electrons. The minimum Gasteiger partial charge on any atom is -0.354 e. The summed E-state index contributed by atoms with van der Waals surface area (Å²) in [5.41, 5.74) is 0.203. The SMILES string of the molecule is CCNc1nc(C)c([N+](=O)[O-])c(Sc2cnccn2)n1. The summed E-state index contributed by atoms with van der Waals surface area (Å²) in [6, 6.07) is 0. The predicted molar refractivity (Wildman–Crippen MR) is 73.7 cm³/mol.